The maximum Gasteiger partial charge on any atom is 0.494 e. The lowest BCUT2D eigenvalue weighted by molar-refractivity contribution is 0.00578. The molecule has 0 N–H and O–H groups in total. The molecule has 468 valence electrons. The molecular formula is C84H67BBr2Cl2FN3O2. The smallest absolute Gasteiger partial charge is 0.399 e. The van der Waals surface area contributed by atoms with Crippen molar-refractivity contribution in [1.82, 2.24) is 0 Å². The average molecular weight is 1410 g/mol. The van der Waals surface area contributed by atoms with E-state index in [0.29, 0.717) is 5.02 Å². The monoisotopic (exact) mass is 1410 g/mol. The molecule has 11 heteroatoms. The molecule has 0 unspecified atom stereocenters. The SMILES string of the molecule is CC1(C)OB(c2ccc(N(c3ccccc3)c3cccc4ccccc34)cc2)OC1(C)C.Clc1cc(-c2ccc(N(c3ccccc3)c3cccc4ccccc34)cc2)cc(-c2ccc(N(c3ccccc3)c3cccc4ccccc34)cc2)c1.Clc1cc(Br)cc(Br)c1.F. The minimum absolute atomic E-state index is 0. The van der Waals surface area contributed by atoms with Crippen molar-refractivity contribution >= 4 is 151 Å². The quantitative estimate of drug-likeness (QED) is 0.114. The van der Waals surface area contributed by atoms with Crippen molar-refractivity contribution in [2.24, 2.45) is 0 Å². The number of nitrogens with zero attached hydrogens (tertiary/aromatic N) is 3. The van der Waals surface area contributed by atoms with Crippen LogP contribution in [0.1, 0.15) is 27.7 Å². The molecule has 0 spiro atoms. The fourth-order valence-electron chi connectivity index (χ4n) is 12.0. The van der Waals surface area contributed by atoms with Crippen LogP contribution in [0.3, 0.4) is 0 Å². The third kappa shape index (κ3) is 14.7. The van der Waals surface area contributed by atoms with Crippen molar-refractivity contribution in [2.75, 3.05) is 14.7 Å². The van der Waals surface area contributed by atoms with Gasteiger partial charge in [0.25, 0.3) is 0 Å². The summed E-state index contributed by atoms with van der Waals surface area (Å²) >= 11 is 19.1. The van der Waals surface area contributed by atoms with Gasteiger partial charge in [0.05, 0.1) is 28.3 Å². The van der Waals surface area contributed by atoms with Gasteiger partial charge in [0.2, 0.25) is 0 Å². The molecule has 0 saturated carbocycles. The Balaban J connectivity index is 0.000000174. The summed E-state index contributed by atoms with van der Waals surface area (Å²) in [6.07, 6.45) is 0. The summed E-state index contributed by atoms with van der Waals surface area (Å²) in [6, 6.07) is 115. The van der Waals surface area contributed by atoms with Crippen molar-refractivity contribution in [3.63, 3.8) is 0 Å². The van der Waals surface area contributed by atoms with E-state index in [4.69, 9.17) is 32.5 Å². The van der Waals surface area contributed by atoms with Gasteiger partial charge >= 0.3 is 7.12 Å². The summed E-state index contributed by atoms with van der Waals surface area (Å²) in [5.74, 6) is 0. The standard InChI is InChI=1S/C50H35ClN2.C28H28BNO2.C6H3Br2Cl.FH/c51-42-34-40(36-25-29-45(30-26-36)52(43-17-3-1-4-18-43)49-23-11-15-38-13-7-9-21-47(38)49)33-41(35-42)37-27-31-46(32-28-37)53(44-19-5-2-6-20-44)50-24-12-16-39-14-8-10-22-48(39)50;1-27(2)28(3,4)32-29(31-27)22-17-19-24(20-18-22)30(23-13-6-5-7-14-23)26-16-10-12-21-11-8-9-15-25(21)26;7-4-1-5(8)3-6(9)2-4;/h1-35H;5-20H,1-4H3;1-3H;1H. The molecule has 0 bridgehead atoms. The molecule has 95 heavy (non-hydrogen) atoms. The molecule has 15 rings (SSSR count). The Kier molecular flexibility index (Phi) is 20.2. The Morgan fingerprint density at radius 3 is 0.916 bits per heavy atom. The van der Waals surface area contributed by atoms with E-state index in [2.05, 4.69) is 365 Å². The summed E-state index contributed by atoms with van der Waals surface area (Å²) < 4.78 is 14.5. The lowest BCUT2D eigenvalue weighted by Gasteiger charge is -2.32. The number of para-hydroxylation sites is 3. The van der Waals surface area contributed by atoms with E-state index in [0.717, 1.165) is 92.9 Å². The molecule has 1 fully saturated rings. The maximum absolute atomic E-state index is 6.83. The van der Waals surface area contributed by atoms with E-state index < -0.39 is 0 Å². The first-order valence-electron chi connectivity index (χ1n) is 31.3. The summed E-state index contributed by atoms with van der Waals surface area (Å²) in [6.45, 7) is 8.33. The van der Waals surface area contributed by atoms with Gasteiger partial charge in [-0.05, 0) is 199 Å². The summed E-state index contributed by atoms with van der Waals surface area (Å²) in [5.41, 5.74) is 14.7. The zero-order chi connectivity index (χ0) is 64.8. The minimum Gasteiger partial charge on any atom is -0.399 e. The van der Waals surface area contributed by atoms with Gasteiger partial charge in [-0.15, -0.1) is 0 Å². The number of fused-ring (bicyclic) bond motifs is 3. The number of anilines is 9. The number of benzene rings is 14. The zero-order valence-electron chi connectivity index (χ0n) is 52.8. The second kappa shape index (κ2) is 29.1. The van der Waals surface area contributed by atoms with Crippen LogP contribution in [0.5, 0.6) is 0 Å². The first-order valence-corrected chi connectivity index (χ1v) is 33.7. The normalized spacial score (nSPS) is 12.8. The predicted octanol–water partition coefficient (Wildman–Crippen LogP) is 25.5. The number of rotatable bonds is 12. The van der Waals surface area contributed by atoms with Crippen molar-refractivity contribution in [1.29, 1.82) is 0 Å². The van der Waals surface area contributed by atoms with Crippen LogP contribution >= 0.6 is 55.1 Å². The number of halogens is 5. The van der Waals surface area contributed by atoms with Crippen LogP contribution in [0.2, 0.25) is 10.0 Å². The minimum atomic E-state index is -0.364. The van der Waals surface area contributed by atoms with Crippen LogP contribution < -0.4 is 20.2 Å². The van der Waals surface area contributed by atoms with Crippen molar-refractivity contribution < 1.29 is 14.0 Å². The van der Waals surface area contributed by atoms with Crippen LogP contribution in [-0.4, -0.2) is 18.3 Å². The summed E-state index contributed by atoms with van der Waals surface area (Å²) in [7, 11) is -0.364. The topological polar surface area (TPSA) is 28.2 Å². The van der Waals surface area contributed by atoms with Gasteiger partial charge in [-0.25, -0.2) is 0 Å². The molecule has 14 aromatic carbocycles. The average Bonchev–Trinajstić information content (AvgIpc) is 1.70. The first kappa shape index (κ1) is 65.8. The summed E-state index contributed by atoms with van der Waals surface area (Å²) in [5, 5.41) is 8.71. The fraction of sp³-hybridized carbons (Fsp3) is 0.0714. The van der Waals surface area contributed by atoms with Gasteiger partial charge < -0.3 is 24.0 Å². The molecule has 0 aromatic heterocycles. The molecule has 0 amide bonds. The Morgan fingerprint density at radius 1 is 0.295 bits per heavy atom. The van der Waals surface area contributed by atoms with E-state index >= 15 is 0 Å². The second-order valence-electron chi connectivity index (χ2n) is 24.1. The highest BCUT2D eigenvalue weighted by Crippen LogP contribution is 2.44. The van der Waals surface area contributed by atoms with E-state index in [1.165, 1.54) is 32.3 Å². The first-order chi connectivity index (χ1) is 45.7. The molecular weight excluding hydrogens is 1340 g/mol. The van der Waals surface area contributed by atoms with Crippen LogP contribution in [0, 0.1) is 0 Å². The van der Waals surface area contributed by atoms with E-state index in [1.54, 1.807) is 0 Å². The Labute approximate surface area is 583 Å². The molecule has 14 aromatic rings. The molecule has 1 aliphatic heterocycles. The number of hydrogen-bond acceptors (Lipinski definition) is 5. The van der Waals surface area contributed by atoms with Crippen LogP contribution in [0.4, 0.5) is 55.9 Å². The van der Waals surface area contributed by atoms with Gasteiger partial charge in [0, 0.05) is 69.3 Å². The Hall–Kier alpha value is -9.29. The van der Waals surface area contributed by atoms with E-state index in [9.17, 15) is 0 Å². The Bertz CT molecular complexity index is 4670. The molecule has 0 atom stereocenters. The van der Waals surface area contributed by atoms with E-state index in [1.807, 2.05) is 36.4 Å². The lowest BCUT2D eigenvalue weighted by Crippen LogP contribution is -2.41. The fourth-order valence-corrected chi connectivity index (χ4v) is 14.1. The molecule has 0 radical (unpaired) electrons. The van der Waals surface area contributed by atoms with Crippen LogP contribution in [0.25, 0.3) is 54.6 Å². The maximum atomic E-state index is 6.83. The molecule has 0 aliphatic carbocycles. The second-order valence-corrected chi connectivity index (χ2v) is 26.8. The zero-order valence-corrected chi connectivity index (χ0v) is 57.5. The molecule has 5 nitrogen and oxygen atoms in total. The van der Waals surface area contributed by atoms with Crippen molar-refractivity contribution in [3.8, 4) is 22.3 Å². The highest BCUT2D eigenvalue weighted by Gasteiger charge is 2.51. The van der Waals surface area contributed by atoms with Crippen molar-refractivity contribution in [2.45, 2.75) is 38.9 Å². The van der Waals surface area contributed by atoms with Crippen LogP contribution in [0.15, 0.2) is 337 Å². The third-order valence-electron chi connectivity index (χ3n) is 17.4. The highest BCUT2D eigenvalue weighted by atomic mass is 79.9. The molecule has 1 saturated heterocycles. The third-order valence-corrected chi connectivity index (χ3v) is 18.7. The molecule has 1 heterocycles. The van der Waals surface area contributed by atoms with Crippen LogP contribution in [-0.2, 0) is 9.31 Å². The Morgan fingerprint density at radius 2 is 0.579 bits per heavy atom. The van der Waals surface area contributed by atoms with Gasteiger partial charge in [-0.3, -0.25) is 4.70 Å². The largest absolute Gasteiger partial charge is 0.494 e. The molecule has 1 aliphatic rings. The van der Waals surface area contributed by atoms with Gasteiger partial charge in [0.15, 0.2) is 0 Å². The number of hydrogen-bond donors (Lipinski definition) is 0. The highest BCUT2D eigenvalue weighted by molar-refractivity contribution is 9.11. The summed E-state index contributed by atoms with van der Waals surface area (Å²) in [4.78, 5) is 6.96. The van der Waals surface area contributed by atoms with E-state index in [-0.39, 0.29) is 23.0 Å². The van der Waals surface area contributed by atoms with Crippen molar-refractivity contribution in [3.05, 3.63) is 347 Å². The lowest BCUT2D eigenvalue weighted by atomic mass is 9.79. The van der Waals surface area contributed by atoms with Gasteiger partial charge in [0.1, 0.15) is 0 Å². The predicted molar refractivity (Wildman–Crippen MR) is 410 cm³/mol. The van der Waals surface area contributed by atoms with Gasteiger partial charge in [-0.2, -0.15) is 0 Å². The van der Waals surface area contributed by atoms with Gasteiger partial charge in [-0.1, -0.05) is 255 Å².